The Balaban J connectivity index is 1.88. The number of halogens is 1. The van der Waals surface area contributed by atoms with Crippen molar-refractivity contribution in [3.63, 3.8) is 0 Å². The minimum atomic E-state index is -0.866. The van der Waals surface area contributed by atoms with E-state index >= 15 is 0 Å². The van der Waals surface area contributed by atoms with Crippen molar-refractivity contribution in [3.8, 4) is 5.75 Å². The summed E-state index contributed by atoms with van der Waals surface area (Å²) in [6.45, 7) is 8.00. The molecule has 0 spiro atoms. The lowest BCUT2D eigenvalue weighted by atomic mass is 9.93. The quantitative estimate of drug-likeness (QED) is 0.277. The minimum absolute atomic E-state index is 0.170. The van der Waals surface area contributed by atoms with E-state index in [1.807, 2.05) is 43.3 Å². The van der Waals surface area contributed by atoms with Gasteiger partial charge in [0.25, 0.3) is 11.5 Å². The van der Waals surface area contributed by atoms with Crippen LogP contribution in [0, 0.1) is 0 Å². The maximum atomic E-state index is 14.4. The summed E-state index contributed by atoms with van der Waals surface area (Å²) in [5.41, 5.74) is 2.75. The van der Waals surface area contributed by atoms with Crippen LogP contribution in [0.25, 0.3) is 5.57 Å². The number of thiazole rings is 1. The number of aromatic nitrogens is 1. The highest BCUT2D eigenvalue weighted by molar-refractivity contribution is 9.10. The molecule has 0 saturated carbocycles. The van der Waals surface area contributed by atoms with E-state index < -0.39 is 17.6 Å². The van der Waals surface area contributed by atoms with E-state index in [1.54, 1.807) is 31.1 Å². The molecule has 1 amide bonds. The van der Waals surface area contributed by atoms with Crippen LogP contribution in [-0.4, -0.2) is 36.7 Å². The Morgan fingerprint density at radius 2 is 1.98 bits per heavy atom. The normalized spacial score (nSPS) is 17.4. The fourth-order valence-electron chi connectivity index (χ4n) is 5.19. The molecule has 8 nitrogen and oxygen atoms in total. The van der Waals surface area contributed by atoms with E-state index in [1.165, 1.54) is 4.57 Å². The Bertz CT molecular complexity index is 1750. The van der Waals surface area contributed by atoms with E-state index in [4.69, 9.17) is 14.5 Å². The molecular formula is C30H28BrN3O5S. The van der Waals surface area contributed by atoms with Gasteiger partial charge < -0.3 is 14.4 Å². The van der Waals surface area contributed by atoms with Gasteiger partial charge in [0.15, 0.2) is 4.80 Å². The fraction of sp³-hybridized carbons (Fsp3) is 0.267. The van der Waals surface area contributed by atoms with E-state index in [9.17, 15) is 14.4 Å². The van der Waals surface area contributed by atoms with E-state index in [0.29, 0.717) is 45.9 Å². The molecule has 0 radical (unpaired) electrons. The largest absolute Gasteiger partial charge is 0.496 e. The van der Waals surface area contributed by atoms with Crippen LogP contribution in [0.2, 0.25) is 0 Å². The Labute approximate surface area is 243 Å². The number of anilines is 1. The van der Waals surface area contributed by atoms with Gasteiger partial charge in [-0.1, -0.05) is 64.9 Å². The number of allylic oxidation sites excluding steroid dienone is 1. The number of nitrogens with zero attached hydrogens (tertiary/aromatic N) is 3. The highest BCUT2D eigenvalue weighted by Crippen LogP contribution is 2.39. The number of ether oxygens (including phenoxy) is 2. The summed E-state index contributed by atoms with van der Waals surface area (Å²) in [4.78, 5) is 48.4. The van der Waals surface area contributed by atoms with Crippen molar-refractivity contribution in [2.24, 2.45) is 4.99 Å². The molecule has 0 bridgehead atoms. The Morgan fingerprint density at radius 1 is 1.20 bits per heavy atom. The number of para-hydroxylation sites is 1. The average Bonchev–Trinajstić information content (AvgIpc) is 3.41. The second kappa shape index (κ2) is 11.4. The summed E-state index contributed by atoms with van der Waals surface area (Å²) in [7, 11) is 1.54. The molecule has 2 aliphatic rings. The van der Waals surface area contributed by atoms with Crippen LogP contribution in [0.1, 0.15) is 43.9 Å². The highest BCUT2D eigenvalue weighted by Gasteiger charge is 2.38. The molecule has 5 rings (SSSR count). The molecular weight excluding hydrogens is 594 g/mol. The molecule has 0 aliphatic carbocycles. The van der Waals surface area contributed by atoms with Gasteiger partial charge in [0.05, 0.1) is 36.2 Å². The fourth-order valence-corrected chi connectivity index (χ4v) is 6.68. The zero-order chi connectivity index (χ0) is 28.6. The number of esters is 1. The van der Waals surface area contributed by atoms with Crippen molar-refractivity contribution >= 4 is 50.4 Å². The van der Waals surface area contributed by atoms with Gasteiger partial charge in [0.1, 0.15) is 16.3 Å². The molecule has 0 N–H and O–H groups in total. The second-order valence-electron chi connectivity index (χ2n) is 9.22. The minimum Gasteiger partial charge on any atom is -0.496 e. The topological polar surface area (TPSA) is 90.2 Å². The first kappa shape index (κ1) is 27.8. The molecule has 2 aliphatic heterocycles. The predicted molar refractivity (Wildman–Crippen MR) is 158 cm³/mol. The Hall–Kier alpha value is -3.76. The van der Waals surface area contributed by atoms with E-state index in [-0.39, 0.29) is 22.6 Å². The van der Waals surface area contributed by atoms with Crippen molar-refractivity contribution < 1.29 is 19.1 Å². The first-order valence-electron chi connectivity index (χ1n) is 13.0. The monoisotopic (exact) mass is 621 g/mol. The van der Waals surface area contributed by atoms with Crippen molar-refractivity contribution in [2.45, 2.75) is 32.7 Å². The van der Waals surface area contributed by atoms with Gasteiger partial charge in [0, 0.05) is 22.1 Å². The SMILES string of the molecule is C=CCN1C(=O)/C(=c2\sc3n(c2=O)[C@@H](c2cc(Br)ccc2OC)C(C(=O)OCC)=C(CCC)N=3)c2ccccc21. The van der Waals surface area contributed by atoms with E-state index in [2.05, 4.69) is 22.5 Å². The lowest BCUT2D eigenvalue weighted by Crippen LogP contribution is -2.41. The molecule has 1 atom stereocenters. The molecule has 3 heterocycles. The van der Waals surface area contributed by atoms with Crippen LogP contribution < -0.4 is 24.5 Å². The van der Waals surface area contributed by atoms with Gasteiger partial charge in [-0.3, -0.25) is 14.2 Å². The van der Waals surface area contributed by atoms with Gasteiger partial charge in [-0.15, -0.1) is 6.58 Å². The summed E-state index contributed by atoms with van der Waals surface area (Å²) in [6, 6.07) is 12.0. The number of fused-ring (bicyclic) bond motifs is 2. The third-order valence-corrected chi connectivity index (χ3v) is 8.36. The molecule has 40 heavy (non-hydrogen) atoms. The van der Waals surface area contributed by atoms with Crippen LogP contribution in [0.15, 0.2) is 80.6 Å². The maximum absolute atomic E-state index is 14.4. The van der Waals surface area contributed by atoms with Crippen LogP contribution in [0.5, 0.6) is 5.75 Å². The van der Waals surface area contributed by atoms with Crippen molar-refractivity contribution in [1.29, 1.82) is 0 Å². The first-order chi connectivity index (χ1) is 19.4. The molecule has 0 saturated heterocycles. The third-order valence-electron chi connectivity index (χ3n) is 6.82. The molecule has 2 aromatic carbocycles. The van der Waals surface area contributed by atoms with Crippen LogP contribution in [-0.2, 0) is 14.3 Å². The summed E-state index contributed by atoms with van der Waals surface area (Å²) in [6.07, 6.45) is 2.89. The van der Waals surface area contributed by atoms with Crippen molar-refractivity contribution in [1.82, 2.24) is 4.57 Å². The number of carbonyl (C=O) groups is 2. The summed E-state index contributed by atoms with van der Waals surface area (Å²) < 4.78 is 13.7. The van der Waals surface area contributed by atoms with Gasteiger partial charge in [0.2, 0.25) is 0 Å². The molecule has 10 heteroatoms. The molecule has 0 fully saturated rings. The maximum Gasteiger partial charge on any atom is 0.338 e. The number of methoxy groups -OCH3 is 1. The molecule has 1 aromatic heterocycles. The van der Waals surface area contributed by atoms with Crippen LogP contribution in [0.3, 0.4) is 0 Å². The number of hydrogen-bond donors (Lipinski definition) is 0. The third kappa shape index (κ3) is 4.54. The number of rotatable bonds is 8. The highest BCUT2D eigenvalue weighted by atomic mass is 79.9. The second-order valence-corrected chi connectivity index (χ2v) is 11.1. The Kier molecular flexibility index (Phi) is 7.91. The predicted octanol–water partition coefficient (Wildman–Crippen LogP) is 4.25. The van der Waals surface area contributed by atoms with Gasteiger partial charge in [-0.2, -0.15) is 0 Å². The average molecular weight is 623 g/mol. The number of carbonyl (C=O) groups excluding carboxylic acids is 2. The summed E-state index contributed by atoms with van der Waals surface area (Å²) >= 11 is 4.69. The molecule has 0 unspecified atom stereocenters. The zero-order valence-corrected chi connectivity index (χ0v) is 24.8. The standard InChI is InChI=1S/C30H28BrN3O5S/c1-5-10-20-24(29(37)39-7-3)25(19-16-17(31)13-14-22(19)38-4)34-28(36)26(40-30(34)32-20)23-18-11-8-9-12-21(18)33(15-6-2)27(23)35/h6,8-9,11-14,16,25H,2,5,7,10,15H2,1,3-4H3/b26-23-/t25-/m0/s1. The summed E-state index contributed by atoms with van der Waals surface area (Å²) in [5, 5.41) is 0. The van der Waals surface area contributed by atoms with E-state index in [0.717, 1.165) is 27.9 Å². The van der Waals surface area contributed by atoms with Gasteiger partial charge in [-0.25, -0.2) is 9.79 Å². The summed E-state index contributed by atoms with van der Waals surface area (Å²) in [5.74, 6) is -0.314. The number of amides is 1. The Morgan fingerprint density at radius 3 is 2.67 bits per heavy atom. The van der Waals surface area contributed by atoms with Crippen molar-refractivity contribution in [3.05, 3.63) is 102 Å². The number of benzene rings is 2. The van der Waals surface area contributed by atoms with Gasteiger partial charge in [-0.05, 0) is 37.6 Å². The van der Waals surface area contributed by atoms with Crippen LogP contribution >= 0.6 is 27.3 Å². The first-order valence-corrected chi connectivity index (χ1v) is 14.6. The van der Waals surface area contributed by atoms with Crippen LogP contribution in [0.4, 0.5) is 5.69 Å². The van der Waals surface area contributed by atoms with Crippen molar-refractivity contribution in [2.75, 3.05) is 25.2 Å². The molecule has 3 aromatic rings. The number of hydrogen-bond acceptors (Lipinski definition) is 7. The lowest BCUT2D eigenvalue weighted by Gasteiger charge is -2.27. The zero-order valence-electron chi connectivity index (χ0n) is 22.4. The van der Waals surface area contributed by atoms with Gasteiger partial charge >= 0.3 is 5.97 Å². The smallest absolute Gasteiger partial charge is 0.338 e. The molecule has 206 valence electrons. The lowest BCUT2D eigenvalue weighted by molar-refractivity contribution is -0.139.